The quantitative estimate of drug-likeness (QED) is 0.329. The molecule has 0 heterocycles. The van der Waals surface area contributed by atoms with Crippen molar-refractivity contribution in [2.75, 3.05) is 12.3 Å². The van der Waals surface area contributed by atoms with Crippen molar-refractivity contribution in [2.24, 2.45) is 44.3 Å². The van der Waals surface area contributed by atoms with Gasteiger partial charge < -0.3 is 15.5 Å². The number of aliphatic hydroxyl groups is 2. The predicted octanol–water partition coefficient (Wildman–Crippen LogP) is 4.96. The van der Waals surface area contributed by atoms with E-state index in [1.165, 1.54) is 0 Å². The first kappa shape index (κ1) is 30.3. The highest BCUT2D eigenvalue weighted by Crippen LogP contribution is 2.83. The summed E-state index contributed by atoms with van der Waals surface area (Å²) in [5.74, 6) is 0.128. The van der Waals surface area contributed by atoms with Gasteiger partial charge in [-0.15, -0.1) is 0 Å². The van der Waals surface area contributed by atoms with Gasteiger partial charge in [0.25, 0.3) is 10.1 Å². The number of carbonyl (C=O) groups is 1. The molecule has 4 fully saturated rings. The zero-order valence-corrected chi connectivity index (χ0v) is 25.6. The molecule has 8 heteroatoms. The summed E-state index contributed by atoms with van der Waals surface area (Å²) >= 11 is 0. The molecule has 0 aromatic carbocycles. The normalized spacial score (nSPS) is 49.5. The summed E-state index contributed by atoms with van der Waals surface area (Å²) in [6.45, 7) is 16.7. The molecule has 4 rings (SSSR count). The number of rotatable bonds is 7. The van der Waals surface area contributed by atoms with Crippen molar-refractivity contribution in [3.63, 3.8) is 0 Å². The maximum Gasteiger partial charge on any atom is 0.266 e. The zero-order chi connectivity index (χ0) is 28.6. The smallest absolute Gasteiger partial charge is 0.266 e. The summed E-state index contributed by atoms with van der Waals surface area (Å²) in [5, 5.41) is 25.3. The summed E-state index contributed by atoms with van der Waals surface area (Å²) in [4.78, 5) is 12.4. The van der Waals surface area contributed by atoms with E-state index in [1.54, 1.807) is 0 Å². The van der Waals surface area contributed by atoms with E-state index in [0.29, 0.717) is 18.3 Å². The summed E-state index contributed by atoms with van der Waals surface area (Å²) < 4.78 is 30.8. The van der Waals surface area contributed by atoms with Crippen LogP contribution in [0.2, 0.25) is 0 Å². The van der Waals surface area contributed by atoms with Gasteiger partial charge in [0.05, 0.1) is 18.0 Å². The van der Waals surface area contributed by atoms with E-state index < -0.39 is 22.0 Å². The Hall–Kier alpha value is -0.700. The second-order valence-corrected chi connectivity index (χ2v) is 16.7. The van der Waals surface area contributed by atoms with Crippen LogP contribution in [0.5, 0.6) is 0 Å². The maximum absolute atomic E-state index is 12.4. The lowest BCUT2D eigenvalue weighted by Gasteiger charge is -2.78. The standard InChI is InChI=1S/C30H53NO6S/c1-20(8-9-24(34)31-16-17-38(35,36)37)22-11-13-28(5)26(22,3)14-15-29(6)27(4)12-10-21(32)18-25(27,2)19-23(33)30(28,29)7/h20-23,32-33H,8-19H2,1-7H3,(H,31,34)(H,35,36,37)/t20-,21-,22-,23-,25+,26-,27+,28-,29-,30+/m1/s1. The highest BCUT2D eigenvalue weighted by molar-refractivity contribution is 7.85. The third kappa shape index (κ3) is 4.05. The Morgan fingerprint density at radius 1 is 0.921 bits per heavy atom. The van der Waals surface area contributed by atoms with Gasteiger partial charge in [0.15, 0.2) is 0 Å². The molecule has 4 aliphatic rings. The molecule has 0 unspecified atom stereocenters. The van der Waals surface area contributed by atoms with Crippen LogP contribution in [0.4, 0.5) is 0 Å². The van der Waals surface area contributed by atoms with Gasteiger partial charge in [-0.05, 0) is 96.7 Å². The van der Waals surface area contributed by atoms with Crippen molar-refractivity contribution in [1.29, 1.82) is 0 Å². The average Bonchev–Trinajstić information content (AvgIpc) is 3.08. The molecule has 1 amide bonds. The number of fused-ring (bicyclic) bond motifs is 5. The number of hydrogen-bond donors (Lipinski definition) is 4. The Labute approximate surface area is 230 Å². The van der Waals surface area contributed by atoms with E-state index in [2.05, 4.69) is 53.8 Å². The summed E-state index contributed by atoms with van der Waals surface area (Å²) in [7, 11) is -4.08. The lowest BCUT2D eigenvalue weighted by Crippen LogP contribution is -2.74. The van der Waals surface area contributed by atoms with Crippen molar-refractivity contribution in [1.82, 2.24) is 5.32 Å². The first-order chi connectivity index (χ1) is 17.3. The Bertz CT molecular complexity index is 1050. The van der Waals surface area contributed by atoms with Crippen LogP contribution in [0.1, 0.15) is 113 Å². The second kappa shape index (κ2) is 9.42. The first-order valence-electron chi connectivity index (χ1n) is 14.9. The minimum atomic E-state index is -4.08. The van der Waals surface area contributed by atoms with Gasteiger partial charge >= 0.3 is 0 Å². The fraction of sp³-hybridized carbons (Fsp3) is 0.967. The van der Waals surface area contributed by atoms with E-state index in [4.69, 9.17) is 4.55 Å². The van der Waals surface area contributed by atoms with Crippen LogP contribution in [0.15, 0.2) is 0 Å². The van der Waals surface area contributed by atoms with Gasteiger partial charge in [0.1, 0.15) is 0 Å². The number of amides is 1. The van der Waals surface area contributed by atoms with Crippen molar-refractivity contribution in [3.8, 4) is 0 Å². The fourth-order valence-corrected chi connectivity index (χ4v) is 11.5. The lowest BCUT2D eigenvalue weighted by molar-refractivity contribution is -0.326. The molecule has 0 aliphatic heterocycles. The van der Waals surface area contributed by atoms with E-state index >= 15 is 0 Å². The maximum atomic E-state index is 12.4. The van der Waals surface area contributed by atoms with E-state index in [-0.39, 0.29) is 51.0 Å². The fourth-order valence-electron chi connectivity index (χ4n) is 11.1. The van der Waals surface area contributed by atoms with Gasteiger partial charge in [0, 0.05) is 18.4 Å². The zero-order valence-electron chi connectivity index (χ0n) is 24.8. The van der Waals surface area contributed by atoms with Crippen LogP contribution in [0.3, 0.4) is 0 Å². The molecule has 0 radical (unpaired) electrons. The minimum absolute atomic E-state index is 0.0430. The molecular weight excluding hydrogens is 502 g/mol. The van der Waals surface area contributed by atoms with Crippen LogP contribution < -0.4 is 5.32 Å². The molecule has 0 aromatic heterocycles. The predicted molar refractivity (Wildman–Crippen MR) is 149 cm³/mol. The Balaban J connectivity index is 1.56. The molecule has 0 spiro atoms. The molecule has 220 valence electrons. The van der Waals surface area contributed by atoms with Gasteiger partial charge in [-0.25, -0.2) is 0 Å². The molecule has 7 nitrogen and oxygen atoms in total. The summed E-state index contributed by atoms with van der Waals surface area (Å²) in [5.41, 5.74) is -0.361. The summed E-state index contributed by atoms with van der Waals surface area (Å²) in [6.07, 6.45) is 8.04. The molecule has 0 bridgehead atoms. The molecule has 4 saturated carbocycles. The molecule has 10 atom stereocenters. The van der Waals surface area contributed by atoms with E-state index in [1.807, 2.05) is 0 Å². The molecule has 0 saturated heterocycles. The van der Waals surface area contributed by atoms with Gasteiger partial charge in [-0.3, -0.25) is 9.35 Å². The number of aliphatic hydroxyl groups excluding tert-OH is 2. The molecule has 0 aromatic rings. The monoisotopic (exact) mass is 555 g/mol. The topological polar surface area (TPSA) is 124 Å². The third-order valence-electron chi connectivity index (χ3n) is 14.2. The molecule has 4 N–H and O–H groups in total. The van der Waals surface area contributed by atoms with Crippen molar-refractivity contribution >= 4 is 16.0 Å². The SMILES string of the molecule is C[C@H](CCC(=O)NCCS(=O)(=O)O)[C@H]1CC[C@@]2(C)[C@]3(C)[C@H](O)C[C@]4(C)C[C@H](O)CC[C@]4(C)[C@@]3(C)CC[C@]12C. The van der Waals surface area contributed by atoms with Crippen LogP contribution >= 0.6 is 0 Å². The van der Waals surface area contributed by atoms with Crippen LogP contribution in [0.25, 0.3) is 0 Å². The molecular formula is C30H53NO6S. The van der Waals surface area contributed by atoms with Crippen LogP contribution in [0, 0.1) is 44.3 Å². The van der Waals surface area contributed by atoms with Crippen LogP contribution in [-0.2, 0) is 14.9 Å². The van der Waals surface area contributed by atoms with Crippen molar-refractivity contribution in [2.45, 2.75) is 125 Å². The van der Waals surface area contributed by atoms with Crippen molar-refractivity contribution < 1.29 is 28.0 Å². The van der Waals surface area contributed by atoms with Crippen LogP contribution in [-0.4, -0.2) is 53.6 Å². The minimum Gasteiger partial charge on any atom is -0.393 e. The summed E-state index contributed by atoms with van der Waals surface area (Å²) in [6, 6.07) is 0. The number of hydrogen-bond acceptors (Lipinski definition) is 5. The van der Waals surface area contributed by atoms with Gasteiger partial charge in [0.2, 0.25) is 5.91 Å². The van der Waals surface area contributed by atoms with E-state index in [0.717, 1.165) is 57.8 Å². The Morgan fingerprint density at radius 2 is 1.55 bits per heavy atom. The average molecular weight is 556 g/mol. The number of nitrogens with one attached hydrogen (secondary N) is 1. The Kier molecular flexibility index (Phi) is 7.50. The van der Waals surface area contributed by atoms with E-state index in [9.17, 15) is 23.4 Å². The van der Waals surface area contributed by atoms with Crippen molar-refractivity contribution in [3.05, 3.63) is 0 Å². The molecule has 4 aliphatic carbocycles. The highest BCUT2D eigenvalue weighted by Gasteiger charge is 2.79. The highest BCUT2D eigenvalue weighted by atomic mass is 32.2. The molecule has 38 heavy (non-hydrogen) atoms. The Morgan fingerprint density at radius 3 is 2.18 bits per heavy atom. The lowest BCUT2D eigenvalue weighted by atomic mass is 9.26. The third-order valence-corrected chi connectivity index (χ3v) is 14.9. The van der Waals surface area contributed by atoms with Gasteiger partial charge in [-0.2, -0.15) is 8.42 Å². The first-order valence-corrected chi connectivity index (χ1v) is 16.5. The number of carbonyl (C=O) groups excluding carboxylic acids is 1. The second-order valence-electron chi connectivity index (χ2n) is 15.1. The largest absolute Gasteiger partial charge is 0.393 e. The van der Waals surface area contributed by atoms with Gasteiger partial charge in [-0.1, -0.05) is 48.5 Å².